The zero-order valence-electron chi connectivity index (χ0n) is 15.7. The van der Waals surface area contributed by atoms with Crippen LogP contribution in [0.4, 0.5) is 0 Å². The largest absolute Gasteiger partial charge is 0.396 e. The summed E-state index contributed by atoms with van der Waals surface area (Å²) in [5, 5.41) is 17.5. The second-order valence-corrected chi connectivity index (χ2v) is 7.38. The molecule has 0 saturated carbocycles. The Labute approximate surface area is 163 Å². The lowest BCUT2D eigenvalue weighted by atomic mass is 9.84. The molecule has 1 fully saturated rings. The summed E-state index contributed by atoms with van der Waals surface area (Å²) >= 11 is 0. The summed E-state index contributed by atoms with van der Waals surface area (Å²) in [6.07, 6.45) is 4.79. The van der Waals surface area contributed by atoms with Gasteiger partial charge in [-0.15, -0.1) is 0 Å². The molecule has 2 aromatic heterocycles. The molecule has 1 aliphatic heterocycles. The predicted molar refractivity (Wildman–Crippen MR) is 105 cm³/mol. The zero-order chi connectivity index (χ0) is 19.4. The van der Waals surface area contributed by atoms with Crippen LogP contribution in [0.25, 0.3) is 11.0 Å². The average Bonchev–Trinajstić information content (AvgIpc) is 3.35. The topological polar surface area (TPSA) is 89.3 Å². The van der Waals surface area contributed by atoms with Crippen LogP contribution >= 0.6 is 0 Å². The molecule has 0 bridgehead atoms. The molecule has 1 atom stereocenters. The number of ether oxygens (including phenoxy) is 1. The first-order valence-corrected chi connectivity index (χ1v) is 9.51. The molecule has 2 N–H and O–H groups in total. The van der Waals surface area contributed by atoms with Gasteiger partial charge in [-0.3, -0.25) is 4.79 Å². The van der Waals surface area contributed by atoms with Gasteiger partial charge in [-0.2, -0.15) is 5.10 Å². The van der Waals surface area contributed by atoms with Crippen molar-refractivity contribution in [3.05, 3.63) is 59.9 Å². The molecule has 7 nitrogen and oxygen atoms in total. The van der Waals surface area contributed by atoms with Crippen molar-refractivity contribution in [1.82, 2.24) is 20.1 Å². The number of aliphatic hydroxyl groups excluding tert-OH is 1. The molecule has 28 heavy (non-hydrogen) atoms. The Morgan fingerprint density at radius 2 is 2.14 bits per heavy atom. The van der Waals surface area contributed by atoms with E-state index in [2.05, 4.69) is 15.4 Å². The minimum atomic E-state index is -0.178. The first kappa shape index (κ1) is 18.6. The number of carbonyl (C=O) groups excluding carboxylic acids is 1. The van der Waals surface area contributed by atoms with Gasteiger partial charge in [-0.05, 0) is 24.5 Å². The molecule has 0 unspecified atom stereocenters. The SMILES string of the molecule is O=C(NC[C@@]1(CCO)CCOC1)c1cnc2c(cnn2Cc2ccccc2)c1. The maximum Gasteiger partial charge on any atom is 0.252 e. The summed E-state index contributed by atoms with van der Waals surface area (Å²) in [7, 11) is 0. The number of carbonyl (C=O) groups is 1. The van der Waals surface area contributed by atoms with Crippen molar-refractivity contribution < 1.29 is 14.6 Å². The van der Waals surface area contributed by atoms with E-state index in [-0.39, 0.29) is 17.9 Å². The molecule has 4 rings (SSSR count). The minimum absolute atomic E-state index is 0.0906. The average molecular weight is 380 g/mol. The van der Waals surface area contributed by atoms with Crippen molar-refractivity contribution in [3.8, 4) is 0 Å². The van der Waals surface area contributed by atoms with E-state index in [1.54, 1.807) is 12.4 Å². The van der Waals surface area contributed by atoms with Crippen molar-refractivity contribution in [2.45, 2.75) is 19.4 Å². The van der Waals surface area contributed by atoms with Gasteiger partial charge in [0.05, 0.1) is 24.9 Å². The number of nitrogens with one attached hydrogen (secondary N) is 1. The Kier molecular flexibility index (Phi) is 5.36. The summed E-state index contributed by atoms with van der Waals surface area (Å²) in [6.45, 7) is 2.44. The van der Waals surface area contributed by atoms with Gasteiger partial charge < -0.3 is 15.2 Å². The quantitative estimate of drug-likeness (QED) is 0.654. The predicted octanol–water partition coefficient (Wildman–Crippen LogP) is 2.00. The first-order valence-electron chi connectivity index (χ1n) is 9.51. The molecule has 1 aromatic carbocycles. The fraction of sp³-hybridized carbons (Fsp3) is 0.381. The number of amides is 1. The molecule has 0 spiro atoms. The van der Waals surface area contributed by atoms with Crippen LogP contribution in [0.5, 0.6) is 0 Å². The Hall–Kier alpha value is -2.77. The standard InChI is InChI=1S/C21H24N4O3/c26-8-6-21(7-9-28-15-21)14-23-20(27)18-10-17-12-24-25(19(17)22-11-18)13-16-4-2-1-3-5-16/h1-5,10-12,26H,6-9,13-15H2,(H,23,27)/t21-/m1/s1. The first-order chi connectivity index (χ1) is 13.7. The van der Waals surface area contributed by atoms with E-state index in [0.717, 1.165) is 23.0 Å². The third-order valence-corrected chi connectivity index (χ3v) is 5.36. The van der Waals surface area contributed by atoms with E-state index in [1.807, 2.05) is 41.1 Å². The van der Waals surface area contributed by atoms with Crippen LogP contribution in [0.1, 0.15) is 28.8 Å². The zero-order valence-corrected chi connectivity index (χ0v) is 15.7. The number of aromatic nitrogens is 3. The lowest BCUT2D eigenvalue weighted by Crippen LogP contribution is -2.38. The number of aliphatic hydroxyl groups is 1. The van der Waals surface area contributed by atoms with Crippen LogP contribution in [0.3, 0.4) is 0 Å². The van der Waals surface area contributed by atoms with Crippen molar-refractivity contribution >= 4 is 16.9 Å². The Bertz CT molecular complexity index is 949. The van der Waals surface area contributed by atoms with Crippen LogP contribution in [0.2, 0.25) is 0 Å². The molecule has 1 aliphatic rings. The summed E-state index contributed by atoms with van der Waals surface area (Å²) in [4.78, 5) is 17.1. The molecular formula is C21H24N4O3. The maximum atomic E-state index is 12.6. The molecule has 0 radical (unpaired) electrons. The van der Waals surface area contributed by atoms with Crippen molar-refractivity contribution in [1.29, 1.82) is 0 Å². The maximum absolute atomic E-state index is 12.6. The van der Waals surface area contributed by atoms with E-state index >= 15 is 0 Å². The lowest BCUT2D eigenvalue weighted by Gasteiger charge is -2.26. The van der Waals surface area contributed by atoms with Crippen LogP contribution in [0, 0.1) is 5.41 Å². The highest BCUT2D eigenvalue weighted by atomic mass is 16.5. The van der Waals surface area contributed by atoms with E-state index in [0.29, 0.717) is 38.3 Å². The van der Waals surface area contributed by atoms with Crippen molar-refractivity contribution in [2.75, 3.05) is 26.4 Å². The fourth-order valence-electron chi connectivity index (χ4n) is 3.65. The molecule has 146 valence electrons. The van der Waals surface area contributed by atoms with Gasteiger partial charge in [0.2, 0.25) is 0 Å². The fourth-order valence-corrected chi connectivity index (χ4v) is 3.65. The number of pyridine rings is 1. The molecule has 3 heterocycles. The number of rotatable bonds is 7. The van der Waals surface area contributed by atoms with Crippen LogP contribution in [0.15, 0.2) is 48.8 Å². The molecular weight excluding hydrogens is 356 g/mol. The molecule has 1 saturated heterocycles. The van der Waals surface area contributed by atoms with E-state index in [9.17, 15) is 9.90 Å². The summed E-state index contributed by atoms with van der Waals surface area (Å²) in [5.74, 6) is -0.172. The van der Waals surface area contributed by atoms with Gasteiger partial charge in [0.25, 0.3) is 5.91 Å². The van der Waals surface area contributed by atoms with Crippen LogP contribution in [-0.2, 0) is 11.3 Å². The summed E-state index contributed by atoms with van der Waals surface area (Å²) < 4.78 is 7.31. The number of benzene rings is 1. The van der Waals surface area contributed by atoms with Crippen LogP contribution in [-0.4, -0.2) is 52.1 Å². The van der Waals surface area contributed by atoms with Crippen molar-refractivity contribution in [3.63, 3.8) is 0 Å². The highest BCUT2D eigenvalue weighted by molar-refractivity contribution is 5.96. The van der Waals surface area contributed by atoms with Gasteiger partial charge in [0, 0.05) is 36.8 Å². The van der Waals surface area contributed by atoms with Gasteiger partial charge in [-0.1, -0.05) is 30.3 Å². The van der Waals surface area contributed by atoms with Gasteiger partial charge in [0.15, 0.2) is 5.65 Å². The monoisotopic (exact) mass is 380 g/mol. The second-order valence-electron chi connectivity index (χ2n) is 7.38. The minimum Gasteiger partial charge on any atom is -0.396 e. The van der Waals surface area contributed by atoms with Crippen LogP contribution < -0.4 is 5.32 Å². The van der Waals surface area contributed by atoms with Gasteiger partial charge in [-0.25, -0.2) is 9.67 Å². The summed E-state index contributed by atoms with van der Waals surface area (Å²) in [5.41, 5.74) is 2.22. The number of hydrogen-bond acceptors (Lipinski definition) is 5. The highest BCUT2D eigenvalue weighted by Gasteiger charge is 2.34. The van der Waals surface area contributed by atoms with E-state index in [1.165, 1.54) is 0 Å². The van der Waals surface area contributed by atoms with Gasteiger partial charge >= 0.3 is 0 Å². The number of nitrogens with zero attached hydrogens (tertiary/aromatic N) is 3. The van der Waals surface area contributed by atoms with E-state index in [4.69, 9.17) is 4.74 Å². The molecule has 0 aliphatic carbocycles. The van der Waals surface area contributed by atoms with Crippen molar-refractivity contribution in [2.24, 2.45) is 5.41 Å². The molecule has 3 aromatic rings. The normalized spacial score (nSPS) is 19.2. The highest BCUT2D eigenvalue weighted by Crippen LogP contribution is 2.31. The number of hydrogen-bond donors (Lipinski definition) is 2. The number of fused-ring (bicyclic) bond motifs is 1. The third kappa shape index (κ3) is 3.90. The molecule has 7 heteroatoms. The van der Waals surface area contributed by atoms with E-state index < -0.39 is 0 Å². The smallest absolute Gasteiger partial charge is 0.252 e. The third-order valence-electron chi connectivity index (χ3n) is 5.36. The van der Waals surface area contributed by atoms with Gasteiger partial charge in [0.1, 0.15) is 0 Å². The Morgan fingerprint density at radius 3 is 2.89 bits per heavy atom. The molecule has 1 amide bonds. The second kappa shape index (κ2) is 8.08. The Morgan fingerprint density at radius 1 is 1.29 bits per heavy atom. The summed E-state index contributed by atoms with van der Waals surface area (Å²) in [6, 6.07) is 11.9. The Balaban J connectivity index is 1.46. The lowest BCUT2D eigenvalue weighted by molar-refractivity contribution is 0.0889.